The Morgan fingerprint density at radius 1 is 1.35 bits per heavy atom. The van der Waals surface area contributed by atoms with Crippen molar-refractivity contribution in [1.82, 2.24) is 5.32 Å². The third-order valence-corrected chi connectivity index (χ3v) is 4.16. The molecule has 1 aliphatic rings. The Morgan fingerprint density at radius 3 is 2.60 bits per heavy atom. The number of aliphatic hydroxyl groups excluding tert-OH is 1. The van der Waals surface area contributed by atoms with E-state index in [0.717, 1.165) is 18.4 Å². The molecule has 1 fully saturated rings. The minimum absolute atomic E-state index is 0.109. The summed E-state index contributed by atoms with van der Waals surface area (Å²) in [4.78, 5) is 0. The van der Waals surface area contributed by atoms with Gasteiger partial charge in [-0.15, -0.1) is 0 Å². The van der Waals surface area contributed by atoms with Crippen molar-refractivity contribution in [2.45, 2.75) is 57.2 Å². The maximum atomic E-state index is 10.0. The van der Waals surface area contributed by atoms with E-state index < -0.39 is 0 Å². The predicted molar refractivity (Wildman–Crippen MR) is 81.7 cm³/mol. The third-order valence-electron chi connectivity index (χ3n) is 4.16. The molecule has 1 aliphatic carbocycles. The summed E-state index contributed by atoms with van der Waals surface area (Å²) in [6, 6.07) is 10.8. The molecule has 0 saturated heterocycles. The van der Waals surface area contributed by atoms with Crippen LogP contribution in [0.4, 0.5) is 0 Å². The van der Waals surface area contributed by atoms with Gasteiger partial charge in [0.1, 0.15) is 0 Å². The highest BCUT2D eigenvalue weighted by Gasteiger charge is 2.37. The van der Waals surface area contributed by atoms with Gasteiger partial charge in [0.15, 0.2) is 0 Å². The van der Waals surface area contributed by atoms with Crippen molar-refractivity contribution in [1.29, 1.82) is 0 Å². The Balaban J connectivity index is 2.06. The summed E-state index contributed by atoms with van der Waals surface area (Å²) in [5.74, 6) is 0. The number of nitrogens with one attached hydrogen (secondary N) is 1. The fourth-order valence-corrected chi connectivity index (χ4v) is 2.44. The predicted octanol–water partition coefficient (Wildman–Crippen LogP) is 2.83. The van der Waals surface area contributed by atoms with Gasteiger partial charge in [0.25, 0.3) is 0 Å². The normalized spacial score (nSPS) is 19.6. The van der Waals surface area contributed by atoms with Gasteiger partial charge in [-0.25, -0.2) is 0 Å². The molecule has 0 spiro atoms. The smallest absolute Gasteiger partial charge is 0.0693 e. The van der Waals surface area contributed by atoms with E-state index >= 15 is 0 Å². The highest BCUT2D eigenvalue weighted by atomic mass is 16.5. The fourth-order valence-electron chi connectivity index (χ4n) is 2.44. The molecule has 112 valence electrons. The summed E-state index contributed by atoms with van der Waals surface area (Å²) in [6.45, 7) is 5.00. The quantitative estimate of drug-likeness (QED) is 0.729. The first kappa shape index (κ1) is 15.5. The van der Waals surface area contributed by atoms with Gasteiger partial charge >= 0.3 is 0 Å². The molecule has 0 heterocycles. The number of ether oxygens (including phenoxy) is 1. The molecule has 2 rings (SSSR count). The van der Waals surface area contributed by atoms with Crippen LogP contribution in [0.25, 0.3) is 0 Å². The van der Waals surface area contributed by atoms with Crippen molar-refractivity contribution in [3.63, 3.8) is 0 Å². The summed E-state index contributed by atoms with van der Waals surface area (Å²) in [6.07, 6.45) is 4.52. The average molecular weight is 277 g/mol. The molecule has 3 nitrogen and oxygen atoms in total. The van der Waals surface area contributed by atoms with Gasteiger partial charge in [0.05, 0.1) is 18.2 Å². The third kappa shape index (κ3) is 4.05. The summed E-state index contributed by atoms with van der Waals surface area (Å²) in [7, 11) is 0. The lowest BCUT2D eigenvalue weighted by Gasteiger charge is -2.34. The van der Waals surface area contributed by atoms with Crippen molar-refractivity contribution >= 4 is 0 Å². The molecule has 20 heavy (non-hydrogen) atoms. The summed E-state index contributed by atoms with van der Waals surface area (Å²) < 4.78 is 5.82. The van der Waals surface area contributed by atoms with Crippen molar-refractivity contribution in [3.05, 3.63) is 35.9 Å². The highest BCUT2D eigenvalue weighted by Crippen LogP contribution is 2.31. The lowest BCUT2D eigenvalue weighted by Crippen LogP contribution is -2.47. The Hall–Kier alpha value is -0.900. The number of hydrogen-bond donors (Lipinski definition) is 2. The molecule has 1 aromatic carbocycles. The van der Waals surface area contributed by atoms with Crippen LogP contribution in [0, 0.1) is 0 Å². The van der Waals surface area contributed by atoms with Crippen LogP contribution in [0.2, 0.25) is 0 Å². The molecular formula is C17H27NO2. The van der Waals surface area contributed by atoms with E-state index in [0.29, 0.717) is 12.6 Å². The van der Waals surface area contributed by atoms with Crippen LogP contribution < -0.4 is 5.32 Å². The molecule has 0 aromatic heterocycles. The molecule has 1 aromatic rings. The zero-order valence-electron chi connectivity index (χ0n) is 12.6. The maximum Gasteiger partial charge on any atom is 0.0693 e. The van der Waals surface area contributed by atoms with Crippen LogP contribution in [0.15, 0.2) is 30.3 Å². The Kier molecular flexibility index (Phi) is 5.58. The van der Waals surface area contributed by atoms with Crippen LogP contribution in [0.5, 0.6) is 0 Å². The number of aliphatic hydroxyl groups is 1. The highest BCUT2D eigenvalue weighted by molar-refractivity contribution is 5.25. The molecule has 0 bridgehead atoms. The lowest BCUT2D eigenvalue weighted by atomic mass is 9.87. The van der Waals surface area contributed by atoms with E-state index in [1.54, 1.807) is 0 Å². The molecular weight excluding hydrogens is 250 g/mol. The Morgan fingerprint density at radius 2 is 2.05 bits per heavy atom. The van der Waals surface area contributed by atoms with Gasteiger partial charge in [-0.1, -0.05) is 37.3 Å². The zero-order valence-corrected chi connectivity index (χ0v) is 12.6. The van der Waals surface area contributed by atoms with Crippen molar-refractivity contribution in [3.8, 4) is 0 Å². The molecule has 1 saturated carbocycles. The second kappa shape index (κ2) is 7.21. The first-order valence-electron chi connectivity index (χ1n) is 7.76. The maximum absolute atomic E-state index is 10.0. The summed E-state index contributed by atoms with van der Waals surface area (Å²) in [5, 5.41) is 13.6. The first-order valence-corrected chi connectivity index (χ1v) is 7.76. The van der Waals surface area contributed by atoms with Crippen molar-refractivity contribution < 1.29 is 9.84 Å². The van der Waals surface area contributed by atoms with Crippen LogP contribution in [0.3, 0.4) is 0 Å². The molecule has 2 N–H and O–H groups in total. The molecule has 3 heteroatoms. The first-order chi connectivity index (χ1) is 9.70. The Labute approximate surface area is 122 Å². The van der Waals surface area contributed by atoms with E-state index in [4.69, 9.17) is 4.74 Å². The second-order valence-electron chi connectivity index (χ2n) is 5.86. The van der Waals surface area contributed by atoms with Gasteiger partial charge in [-0.3, -0.25) is 0 Å². The summed E-state index contributed by atoms with van der Waals surface area (Å²) in [5.41, 5.74) is 0.790. The molecule has 2 unspecified atom stereocenters. The second-order valence-corrected chi connectivity index (χ2v) is 5.86. The van der Waals surface area contributed by atoms with Gasteiger partial charge in [-0.05, 0) is 38.2 Å². The van der Waals surface area contributed by atoms with E-state index in [1.165, 1.54) is 12.8 Å². The average Bonchev–Trinajstić information content (AvgIpc) is 3.30. The van der Waals surface area contributed by atoms with Gasteiger partial charge in [0, 0.05) is 12.6 Å². The van der Waals surface area contributed by atoms with E-state index in [1.807, 2.05) is 18.2 Å². The minimum atomic E-state index is -0.365. The number of rotatable bonds is 9. The Bertz CT molecular complexity index is 391. The van der Waals surface area contributed by atoms with Crippen molar-refractivity contribution in [2.75, 3.05) is 13.2 Å². The number of hydrogen-bond acceptors (Lipinski definition) is 3. The van der Waals surface area contributed by atoms with Gasteiger partial charge in [0.2, 0.25) is 0 Å². The van der Waals surface area contributed by atoms with Gasteiger partial charge < -0.3 is 15.2 Å². The zero-order chi connectivity index (χ0) is 14.4. The fraction of sp³-hybridized carbons (Fsp3) is 0.647. The molecule has 0 radical (unpaired) electrons. The lowest BCUT2D eigenvalue weighted by molar-refractivity contribution is 0.0338. The SMILES string of the molecule is CCC(C)OCCC(CO)(NC1CC1)c1ccccc1. The van der Waals surface area contributed by atoms with E-state index in [-0.39, 0.29) is 18.2 Å². The topological polar surface area (TPSA) is 41.5 Å². The molecule has 0 amide bonds. The minimum Gasteiger partial charge on any atom is -0.394 e. The molecule has 0 aliphatic heterocycles. The molecule has 2 atom stereocenters. The number of benzene rings is 1. The van der Waals surface area contributed by atoms with Crippen LogP contribution in [0.1, 0.15) is 45.1 Å². The largest absolute Gasteiger partial charge is 0.394 e. The summed E-state index contributed by atoms with van der Waals surface area (Å²) >= 11 is 0. The van der Waals surface area contributed by atoms with E-state index in [2.05, 4.69) is 31.3 Å². The van der Waals surface area contributed by atoms with E-state index in [9.17, 15) is 5.11 Å². The van der Waals surface area contributed by atoms with Gasteiger partial charge in [-0.2, -0.15) is 0 Å². The van der Waals surface area contributed by atoms with Crippen LogP contribution >= 0.6 is 0 Å². The standard InChI is InChI=1S/C17H27NO2/c1-3-14(2)20-12-11-17(13-19,18-16-9-10-16)15-7-5-4-6-8-15/h4-8,14,16,18-19H,3,9-13H2,1-2H3. The van der Waals surface area contributed by atoms with Crippen LogP contribution in [-0.4, -0.2) is 30.5 Å². The van der Waals surface area contributed by atoms with Crippen molar-refractivity contribution in [2.24, 2.45) is 0 Å². The van der Waals surface area contributed by atoms with Crippen LogP contribution in [-0.2, 0) is 10.3 Å². The monoisotopic (exact) mass is 277 g/mol.